The summed E-state index contributed by atoms with van der Waals surface area (Å²) in [6.07, 6.45) is 2.70. The summed E-state index contributed by atoms with van der Waals surface area (Å²) in [6.45, 7) is 0. The van der Waals surface area contributed by atoms with E-state index in [4.69, 9.17) is 10.5 Å². The van der Waals surface area contributed by atoms with E-state index in [-0.39, 0.29) is 5.75 Å². The first kappa shape index (κ1) is 12.2. The van der Waals surface area contributed by atoms with Gasteiger partial charge in [0.25, 0.3) is 0 Å². The molecule has 4 N–H and O–H groups in total. The summed E-state index contributed by atoms with van der Waals surface area (Å²) >= 11 is 0. The SMILES string of the molecule is COc1cc(O)ccc1[C@H](N)[C@H](O)C1CCC1. The first-order chi connectivity index (χ1) is 8.13. The summed E-state index contributed by atoms with van der Waals surface area (Å²) in [7, 11) is 1.53. The van der Waals surface area contributed by atoms with E-state index in [2.05, 4.69) is 0 Å². The van der Waals surface area contributed by atoms with Gasteiger partial charge in [-0.05, 0) is 30.9 Å². The third kappa shape index (κ3) is 2.37. The number of nitrogens with two attached hydrogens (primary N) is 1. The Morgan fingerprint density at radius 3 is 2.65 bits per heavy atom. The Morgan fingerprint density at radius 1 is 1.41 bits per heavy atom. The number of hydrogen-bond acceptors (Lipinski definition) is 4. The third-order valence-electron chi connectivity index (χ3n) is 3.58. The van der Waals surface area contributed by atoms with E-state index in [0.29, 0.717) is 11.7 Å². The molecule has 0 saturated heterocycles. The van der Waals surface area contributed by atoms with Crippen molar-refractivity contribution in [3.05, 3.63) is 23.8 Å². The summed E-state index contributed by atoms with van der Waals surface area (Å²) in [5.41, 5.74) is 6.80. The number of methoxy groups -OCH3 is 1. The van der Waals surface area contributed by atoms with Gasteiger partial charge in [0.2, 0.25) is 0 Å². The average molecular weight is 237 g/mol. The molecule has 2 atom stereocenters. The first-order valence-electron chi connectivity index (χ1n) is 5.94. The van der Waals surface area contributed by atoms with Crippen molar-refractivity contribution in [2.45, 2.75) is 31.4 Å². The van der Waals surface area contributed by atoms with Crippen LogP contribution in [0.4, 0.5) is 0 Å². The highest BCUT2D eigenvalue weighted by Gasteiger charge is 2.31. The van der Waals surface area contributed by atoms with Crippen LogP contribution in [0.5, 0.6) is 11.5 Å². The molecular weight excluding hydrogens is 218 g/mol. The van der Waals surface area contributed by atoms with Crippen molar-refractivity contribution in [1.29, 1.82) is 0 Å². The lowest BCUT2D eigenvalue weighted by Crippen LogP contribution is -2.36. The summed E-state index contributed by atoms with van der Waals surface area (Å²) in [5, 5.41) is 19.5. The molecule has 1 aromatic rings. The van der Waals surface area contributed by atoms with E-state index in [1.807, 2.05) is 0 Å². The minimum Gasteiger partial charge on any atom is -0.508 e. The molecule has 2 rings (SSSR count). The van der Waals surface area contributed by atoms with Crippen molar-refractivity contribution < 1.29 is 14.9 Å². The van der Waals surface area contributed by atoms with Crippen LogP contribution in [-0.4, -0.2) is 23.4 Å². The first-order valence-corrected chi connectivity index (χ1v) is 5.94. The van der Waals surface area contributed by atoms with E-state index in [0.717, 1.165) is 18.4 Å². The van der Waals surface area contributed by atoms with E-state index in [1.54, 1.807) is 12.1 Å². The molecule has 0 radical (unpaired) electrons. The van der Waals surface area contributed by atoms with Crippen molar-refractivity contribution in [2.75, 3.05) is 7.11 Å². The van der Waals surface area contributed by atoms with Crippen molar-refractivity contribution in [2.24, 2.45) is 11.7 Å². The van der Waals surface area contributed by atoms with Crippen LogP contribution in [0.2, 0.25) is 0 Å². The number of phenolic OH excluding ortho intramolecular Hbond substituents is 1. The Hall–Kier alpha value is -1.26. The van der Waals surface area contributed by atoms with Gasteiger partial charge < -0.3 is 20.7 Å². The van der Waals surface area contributed by atoms with Crippen molar-refractivity contribution in [1.82, 2.24) is 0 Å². The second-order valence-electron chi connectivity index (χ2n) is 4.63. The minimum absolute atomic E-state index is 0.135. The molecule has 0 heterocycles. The van der Waals surface area contributed by atoms with Crippen molar-refractivity contribution >= 4 is 0 Å². The Morgan fingerprint density at radius 2 is 2.12 bits per heavy atom. The molecule has 0 unspecified atom stereocenters. The molecule has 1 aromatic carbocycles. The normalized spacial score (nSPS) is 19.5. The lowest BCUT2D eigenvalue weighted by atomic mass is 9.77. The van der Waals surface area contributed by atoms with Gasteiger partial charge in [-0.1, -0.05) is 6.42 Å². The van der Waals surface area contributed by atoms with Gasteiger partial charge in [-0.15, -0.1) is 0 Å². The number of ether oxygens (including phenoxy) is 1. The zero-order chi connectivity index (χ0) is 12.4. The topological polar surface area (TPSA) is 75.7 Å². The maximum Gasteiger partial charge on any atom is 0.127 e. The Labute approximate surface area is 101 Å². The highest BCUT2D eigenvalue weighted by Crippen LogP contribution is 2.37. The number of aliphatic hydroxyl groups is 1. The smallest absolute Gasteiger partial charge is 0.127 e. The summed E-state index contributed by atoms with van der Waals surface area (Å²) in [5.74, 6) is 0.954. The van der Waals surface area contributed by atoms with E-state index in [9.17, 15) is 10.2 Å². The molecule has 0 aromatic heterocycles. The standard InChI is InChI=1S/C13H19NO3/c1-17-11-7-9(15)5-6-10(11)12(14)13(16)8-3-2-4-8/h5-8,12-13,15-16H,2-4,14H2,1H3/t12-,13+/m0/s1. The summed E-state index contributed by atoms with van der Waals surface area (Å²) in [4.78, 5) is 0. The molecule has 0 bridgehead atoms. The van der Waals surface area contributed by atoms with Crippen LogP contribution < -0.4 is 10.5 Å². The van der Waals surface area contributed by atoms with Crippen LogP contribution >= 0.6 is 0 Å². The van der Waals surface area contributed by atoms with Crippen LogP contribution in [0, 0.1) is 5.92 Å². The largest absolute Gasteiger partial charge is 0.508 e. The molecule has 0 amide bonds. The fourth-order valence-electron chi connectivity index (χ4n) is 2.23. The molecule has 4 nitrogen and oxygen atoms in total. The van der Waals surface area contributed by atoms with Crippen LogP contribution in [0.15, 0.2) is 18.2 Å². The number of benzene rings is 1. The Kier molecular flexibility index (Phi) is 3.54. The predicted octanol–water partition coefficient (Wildman–Crippen LogP) is 1.56. The maximum atomic E-state index is 10.1. The fraction of sp³-hybridized carbons (Fsp3) is 0.538. The number of hydrogen-bond donors (Lipinski definition) is 3. The zero-order valence-corrected chi connectivity index (χ0v) is 9.97. The molecule has 1 aliphatic carbocycles. The zero-order valence-electron chi connectivity index (χ0n) is 9.97. The Bertz CT molecular complexity index is 390. The molecule has 94 valence electrons. The van der Waals surface area contributed by atoms with Gasteiger partial charge in [-0.2, -0.15) is 0 Å². The molecule has 4 heteroatoms. The lowest BCUT2D eigenvalue weighted by molar-refractivity contribution is 0.0407. The maximum absolute atomic E-state index is 10.1. The van der Waals surface area contributed by atoms with Gasteiger partial charge in [0.15, 0.2) is 0 Å². The van der Waals surface area contributed by atoms with Gasteiger partial charge >= 0.3 is 0 Å². The van der Waals surface area contributed by atoms with E-state index < -0.39 is 12.1 Å². The van der Waals surface area contributed by atoms with Crippen LogP contribution in [-0.2, 0) is 0 Å². The van der Waals surface area contributed by atoms with Gasteiger partial charge in [0.05, 0.1) is 19.3 Å². The third-order valence-corrected chi connectivity index (χ3v) is 3.58. The van der Waals surface area contributed by atoms with E-state index >= 15 is 0 Å². The molecular formula is C13H19NO3. The highest BCUT2D eigenvalue weighted by molar-refractivity contribution is 5.42. The lowest BCUT2D eigenvalue weighted by Gasteiger charge is -2.34. The number of rotatable bonds is 4. The van der Waals surface area contributed by atoms with Gasteiger partial charge in [-0.3, -0.25) is 0 Å². The Balaban J connectivity index is 2.19. The molecule has 0 spiro atoms. The average Bonchev–Trinajstić information content (AvgIpc) is 2.25. The predicted molar refractivity (Wildman–Crippen MR) is 64.9 cm³/mol. The summed E-state index contributed by atoms with van der Waals surface area (Å²) < 4.78 is 5.18. The van der Waals surface area contributed by atoms with Crippen molar-refractivity contribution in [3.8, 4) is 11.5 Å². The quantitative estimate of drug-likeness (QED) is 0.743. The highest BCUT2D eigenvalue weighted by atomic mass is 16.5. The van der Waals surface area contributed by atoms with Crippen molar-refractivity contribution in [3.63, 3.8) is 0 Å². The molecule has 1 saturated carbocycles. The number of aliphatic hydroxyl groups excluding tert-OH is 1. The monoisotopic (exact) mass is 237 g/mol. The second-order valence-corrected chi connectivity index (χ2v) is 4.63. The molecule has 1 fully saturated rings. The van der Waals surface area contributed by atoms with Gasteiger partial charge in [-0.25, -0.2) is 0 Å². The fourth-order valence-corrected chi connectivity index (χ4v) is 2.23. The van der Waals surface area contributed by atoms with Crippen LogP contribution in [0.3, 0.4) is 0 Å². The second kappa shape index (κ2) is 4.94. The van der Waals surface area contributed by atoms with E-state index in [1.165, 1.54) is 19.6 Å². The van der Waals surface area contributed by atoms with Crippen LogP contribution in [0.1, 0.15) is 30.9 Å². The summed E-state index contributed by atoms with van der Waals surface area (Å²) in [6, 6.07) is 4.32. The van der Waals surface area contributed by atoms with Gasteiger partial charge in [0.1, 0.15) is 11.5 Å². The molecule has 17 heavy (non-hydrogen) atoms. The number of phenols is 1. The molecule has 0 aliphatic heterocycles. The number of aromatic hydroxyl groups is 1. The minimum atomic E-state index is -0.540. The van der Waals surface area contributed by atoms with Crippen LogP contribution in [0.25, 0.3) is 0 Å². The van der Waals surface area contributed by atoms with Gasteiger partial charge in [0, 0.05) is 11.6 Å². The molecule has 1 aliphatic rings.